The number of rotatable bonds is 13. The highest BCUT2D eigenvalue weighted by Crippen LogP contribution is 2.11. The second-order valence-electron chi connectivity index (χ2n) is 5.51. The standard InChI is InChI=1S/C17H34O2.C2H6/c1-3-5-6-7-8-9-10-11-12-13-14-15-17(19)16(18)4-2;1-2/h14-19H,3-13H2,1-2H3;1-2H3/b15-14+;. The van der Waals surface area contributed by atoms with E-state index in [4.69, 9.17) is 0 Å². The average Bonchev–Trinajstić information content (AvgIpc) is 2.53. The first kappa shape index (κ1) is 22.9. The fraction of sp³-hybridized carbons (Fsp3) is 0.895. The fourth-order valence-electron chi connectivity index (χ4n) is 2.18. The Bertz CT molecular complexity index is 202. The summed E-state index contributed by atoms with van der Waals surface area (Å²) in [5.41, 5.74) is 0. The van der Waals surface area contributed by atoms with Crippen molar-refractivity contribution in [3.63, 3.8) is 0 Å². The van der Waals surface area contributed by atoms with Gasteiger partial charge in [-0.3, -0.25) is 0 Å². The van der Waals surface area contributed by atoms with Gasteiger partial charge >= 0.3 is 0 Å². The maximum Gasteiger partial charge on any atom is 0.0979 e. The molecule has 0 spiro atoms. The average molecular weight is 301 g/mol. The Morgan fingerprint density at radius 1 is 0.762 bits per heavy atom. The summed E-state index contributed by atoms with van der Waals surface area (Å²) in [6.45, 7) is 8.13. The van der Waals surface area contributed by atoms with Gasteiger partial charge in [0.15, 0.2) is 0 Å². The maximum atomic E-state index is 9.52. The van der Waals surface area contributed by atoms with Crippen LogP contribution in [0.15, 0.2) is 12.2 Å². The van der Waals surface area contributed by atoms with Crippen LogP contribution in [0.4, 0.5) is 0 Å². The van der Waals surface area contributed by atoms with Crippen LogP contribution in [0.5, 0.6) is 0 Å². The topological polar surface area (TPSA) is 40.5 Å². The monoisotopic (exact) mass is 300 g/mol. The van der Waals surface area contributed by atoms with Gasteiger partial charge in [0.2, 0.25) is 0 Å². The van der Waals surface area contributed by atoms with Gasteiger partial charge in [0.25, 0.3) is 0 Å². The van der Waals surface area contributed by atoms with Crippen LogP contribution in [0, 0.1) is 0 Å². The number of unbranched alkanes of at least 4 members (excludes halogenated alkanes) is 9. The third-order valence-corrected chi connectivity index (χ3v) is 3.62. The quantitative estimate of drug-likeness (QED) is 0.342. The molecule has 0 radical (unpaired) electrons. The van der Waals surface area contributed by atoms with Crippen LogP contribution in [0.25, 0.3) is 0 Å². The lowest BCUT2D eigenvalue weighted by molar-refractivity contribution is 0.0464. The molecule has 0 aliphatic rings. The fourth-order valence-corrected chi connectivity index (χ4v) is 2.18. The van der Waals surface area contributed by atoms with Crippen LogP contribution in [0.1, 0.15) is 98.3 Å². The Kier molecular flexibility index (Phi) is 21.5. The molecule has 0 heterocycles. The van der Waals surface area contributed by atoms with Crippen molar-refractivity contribution in [2.75, 3.05) is 0 Å². The zero-order valence-electron chi connectivity index (χ0n) is 15.0. The highest BCUT2D eigenvalue weighted by Gasteiger charge is 2.08. The molecule has 21 heavy (non-hydrogen) atoms. The summed E-state index contributed by atoms with van der Waals surface area (Å²) in [5, 5.41) is 18.9. The molecule has 0 aromatic heterocycles. The number of hydrogen-bond acceptors (Lipinski definition) is 2. The smallest absolute Gasteiger partial charge is 0.0979 e. The molecule has 0 aromatic rings. The van der Waals surface area contributed by atoms with Crippen LogP contribution < -0.4 is 0 Å². The lowest BCUT2D eigenvalue weighted by Crippen LogP contribution is -2.22. The summed E-state index contributed by atoms with van der Waals surface area (Å²) in [6.07, 6.45) is 16.1. The maximum absolute atomic E-state index is 9.52. The number of allylic oxidation sites excluding steroid dienone is 1. The molecule has 0 aliphatic heterocycles. The molecule has 0 saturated carbocycles. The molecule has 2 N–H and O–H groups in total. The van der Waals surface area contributed by atoms with Gasteiger partial charge in [0.1, 0.15) is 0 Å². The minimum Gasteiger partial charge on any atom is -0.390 e. The molecule has 0 bridgehead atoms. The molecule has 2 heteroatoms. The van der Waals surface area contributed by atoms with Crippen molar-refractivity contribution in [2.24, 2.45) is 0 Å². The number of aliphatic hydroxyl groups excluding tert-OH is 2. The normalized spacial score (nSPS) is 13.8. The van der Waals surface area contributed by atoms with Crippen molar-refractivity contribution in [1.29, 1.82) is 0 Å². The van der Waals surface area contributed by atoms with Crippen molar-refractivity contribution in [2.45, 2.75) is 111 Å². The van der Waals surface area contributed by atoms with Crippen molar-refractivity contribution in [3.05, 3.63) is 12.2 Å². The van der Waals surface area contributed by atoms with Gasteiger partial charge in [-0.1, -0.05) is 91.2 Å². The third-order valence-electron chi connectivity index (χ3n) is 3.62. The summed E-state index contributed by atoms with van der Waals surface area (Å²) in [7, 11) is 0. The van der Waals surface area contributed by atoms with Gasteiger partial charge in [-0.05, 0) is 19.3 Å². The molecular formula is C19H40O2. The van der Waals surface area contributed by atoms with Crippen molar-refractivity contribution in [3.8, 4) is 0 Å². The van der Waals surface area contributed by atoms with Gasteiger partial charge in [-0.15, -0.1) is 0 Å². The van der Waals surface area contributed by atoms with E-state index in [9.17, 15) is 10.2 Å². The Morgan fingerprint density at radius 2 is 1.24 bits per heavy atom. The zero-order valence-corrected chi connectivity index (χ0v) is 15.0. The second-order valence-corrected chi connectivity index (χ2v) is 5.51. The highest BCUT2D eigenvalue weighted by atomic mass is 16.3. The van der Waals surface area contributed by atoms with Crippen molar-refractivity contribution < 1.29 is 10.2 Å². The van der Waals surface area contributed by atoms with E-state index >= 15 is 0 Å². The van der Waals surface area contributed by atoms with Crippen molar-refractivity contribution >= 4 is 0 Å². The predicted octanol–water partition coefficient (Wildman–Crippen LogP) is 5.62. The van der Waals surface area contributed by atoms with Crippen LogP contribution in [-0.2, 0) is 0 Å². The van der Waals surface area contributed by atoms with Gasteiger partial charge < -0.3 is 10.2 Å². The minimum atomic E-state index is -0.691. The van der Waals surface area contributed by atoms with Gasteiger partial charge in [0, 0.05) is 0 Å². The highest BCUT2D eigenvalue weighted by molar-refractivity contribution is 4.91. The SMILES string of the molecule is CC.CCCCCCCCCCC/C=C/C(O)C(O)CC. The summed E-state index contributed by atoms with van der Waals surface area (Å²) in [5.74, 6) is 0. The summed E-state index contributed by atoms with van der Waals surface area (Å²) in [4.78, 5) is 0. The van der Waals surface area contributed by atoms with Crippen LogP contribution in [0.2, 0.25) is 0 Å². The summed E-state index contributed by atoms with van der Waals surface area (Å²) < 4.78 is 0. The number of hydrogen-bond donors (Lipinski definition) is 2. The van der Waals surface area contributed by atoms with E-state index < -0.39 is 12.2 Å². The molecule has 0 rings (SSSR count). The number of aliphatic hydroxyl groups is 2. The Hall–Kier alpha value is -0.340. The Labute approximate surface area is 133 Å². The molecule has 0 fully saturated rings. The second kappa shape index (κ2) is 19.7. The van der Waals surface area contributed by atoms with Crippen molar-refractivity contribution in [1.82, 2.24) is 0 Å². The van der Waals surface area contributed by atoms with E-state index in [2.05, 4.69) is 6.92 Å². The molecular weight excluding hydrogens is 260 g/mol. The van der Waals surface area contributed by atoms with E-state index in [-0.39, 0.29) is 0 Å². The molecule has 0 aromatic carbocycles. The molecule has 0 aliphatic carbocycles. The summed E-state index contributed by atoms with van der Waals surface area (Å²) in [6, 6.07) is 0. The van der Waals surface area contributed by atoms with E-state index in [0.717, 1.165) is 6.42 Å². The van der Waals surface area contributed by atoms with Gasteiger partial charge in [-0.25, -0.2) is 0 Å². The van der Waals surface area contributed by atoms with Crippen LogP contribution in [0.3, 0.4) is 0 Å². The summed E-state index contributed by atoms with van der Waals surface area (Å²) >= 11 is 0. The van der Waals surface area contributed by atoms with E-state index in [1.807, 2.05) is 26.8 Å². The Balaban J connectivity index is 0. The van der Waals surface area contributed by atoms with E-state index in [0.29, 0.717) is 6.42 Å². The lowest BCUT2D eigenvalue weighted by Gasteiger charge is -2.11. The zero-order chi connectivity index (χ0) is 16.3. The minimum absolute atomic E-state index is 0.601. The molecule has 2 atom stereocenters. The van der Waals surface area contributed by atoms with E-state index in [1.54, 1.807) is 6.08 Å². The first-order valence-corrected chi connectivity index (χ1v) is 9.25. The predicted molar refractivity (Wildman–Crippen MR) is 94.6 cm³/mol. The molecule has 2 nitrogen and oxygen atoms in total. The first-order valence-electron chi connectivity index (χ1n) is 9.25. The first-order chi connectivity index (χ1) is 10.2. The molecule has 128 valence electrons. The van der Waals surface area contributed by atoms with Gasteiger partial charge in [0.05, 0.1) is 12.2 Å². The Morgan fingerprint density at radius 3 is 1.71 bits per heavy atom. The van der Waals surface area contributed by atoms with Crippen LogP contribution >= 0.6 is 0 Å². The van der Waals surface area contributed by atoms with Crippen LogP contribution in [-0.4, -0.2) is 22.4 Å². The largest absolute Gasteiger partial charge is 0.390 e. The third kappa shape index (κ3) is 17.6. The van der Waals surface area contributed by atoms with E-state index in [1.165, 1.54) is 57.8 Å². The lowest BCUT2D eigenvalue weighted by atomic mass is 10.1. The molecule has 0 amide bonds. The molecule has 0 saturated heterocycles. The molecule has 2 unspecified atom stereocenters. The van der Waals surface area contributed by atoms with Gasteiger partial charge in [-0.2, -0.15) is 0 Å².